The number of nitrogens with one attached hydrogen (secondary N) is 5. The molecule has 5 heterocycles. The van der Waals surface area contributed by atoms with Crippen molar-refractivity contribution >= 4 is 63.1 Å². The molecule has 2 bridgehead atoms. The molecule has 384 valence electrons. The Morgan fingerprint density at radius 3 is 2.47 bits per heavy atom. The molecule has 4 amide bonds. The van der Waals surface area contributed by atoms with E-state index in [1.807, 2.05) is 0 Å². The van der Waals surface area contributed by atoms with E-state index in [4.69, 9.17) is 38.0 Å². The SMILES string of the molecule is CC(C)[C@H](N)C(=O)N[C@@H](C)C(=O)Nc1ccc(COC(=O)NCc2ccccc2C(=O)Nc2nc3c(ncn3[C@@H]3O[C@@H]4CO[PH](=O)O[C@H]5C[C@H](Oc6ccncn6)C[C@@H]5CO[PH](=O)O[C@@H]3[C@@H]4O)c(=O)[nH]2)cc1. The van der Waals surface area contributed by atoms with Gasteiger partial charge in [0.05, 0.1) is 31.7 Å². The fourth-order valence-corrected chi connectivity index (χ4v) is 9.83. The Hall–Kier alpha value is -6.47. The van der Waals surface area contributed by atoms with E-state index in [1.165, 1.54) is 29.5 Å². The van der Waals surface area contributed by atoms with Gasteiger partial charge in [0.2, 0.25) is 23.6 Å². The number of nitrogens with zero attached hydrogens (tertiary/aromatic N) is 5. The number of aromatic amines is 1. The number of benzene rings is 2. The summed E-state index contributed by atoms with van der Waals surface area (Å²) in [5.74, 6) is -2.09. The Balaban J connectivity index is 0.876. The van der Waals surface area contributed by atoms with E-state index < -0.39 is 107 Å². The van der Waals surface area contributed by atoms with E-state index in [0.717, 1.165) is 0 Å². The molecule has 26 nitrogen and oxygen atoms in total. The molecule has 72 heavy (non-hydrogen) atoms. The summed E-state index contributed by atoms with van der Waals surface area (Å²) >= 11 is 0. The number of hydrogen-bond acceptors (Lipinski definition) is 20. The van der Waals surface area contributed by atoms with Crippen molar-refractivity contribution in [1.82, 2.24) is 40.1 Å². The largest absolute Gasteiger partial charge is 0.474 e. The molecule has 2 aliphatic heterocycles. The monoisotopic (exact) mass is 1040 g/mol. The Labute approximate surface area is 411 Å². The number of anilines is 2. The zero-order valence-electron chi connectivity index (χ0n) is 38.9. The number of fused-ring (bicyclic) bond motifs is 4. The lowest BCUT2D eigenvalue weighted by Crippen LogP contribution is -2.50. The van der Waals surface area contributed by atoms with Crippen molar-refractivity contribution in [3.8, 4) is 5.88 Å². The number of ether oxygens (including phenoxy) is 3. The molecule has 11 atom stereocenters. The van der Waals surface area contributed by atoms with Crippen LogP contribution in [0.4, 0.5) is 16.4 Å². The number of carbonyl (C=O) groups excluding carboxylic acids is 4. The highest BCUT2D eigenvalue weighted by atomic mass is 31.1. The fourth-order valence-electron chi connectivity index (χ4n) is 8.03. The standard InChI is InChI=1S/C44H53N11O15P2/c1-22(2)33(45)40(59)50-23(3)38(57)51-27-10-8-24(9-11-27)17-64-44(61)47-16-25-6-4-5-7-29(25)39(58)53-43-52-37-34(41(60)54-43)49-21-55(37)42-36-35(56)31(68-42)19-66-71(62)69-30-15-28(67-32-12-13-46-20-48-32)14-26(30)18-65-72(63)70-36/h4-13,20-23,26,28,30-31,33,35-36,42,56,71-72H,14-19,45H2,1-3H3,(H,47,61)(H,50,59)(H,51,57)(H2,52,53,54,58,60)/t23-,26+,28+,30-,31+,33-,35+,36+,42+/m0/s1. The zero-order valence-corrected chi connectivity index (χ0v) is 40.9. The molecule has 0 spiro atoms. The number of rotatable bonds is 14. The summed E-state index contributed by atoms with van der Waals surface area (Å²) in [6, 6.07) is 12.9. The minimum Gasteiger partial charge on any atom is -0.474 e. The number of carbonyl (C=O) groups is 4. The fraction of sp³-hybridized carbons (Fsp3) is 0.432. The first kappa shape index (κ1) is 51.9. The Morgan fingerprint density at radius 2 is 1.71 bits per heavy atom. The van der Waals surface area contributed by atoms with Crippen molar-refractivity contribution in [3.63, 3.8) is 0 Å². The molecular weight excluding hydrogens is 984 g/mol. The number of nitrogens with two attached hydrogens (primary N) is 1. The molecular formula is C44H53N11O15P2. The van der Waals surface area contributed by atoms with Crippen LogP contribution in [0.25, 0.3) is 11.2 Å². The lowest BCUT2D eigenvalue weighted by atomic mass is 10.0. The van der Waals surface area contributed by atoms with Crippen molar-refractivity contribution in [2.24, 2.45) is 17.6 Å². The number of aliphatic hydroxyl groups excluding tert-OH is 1. The van der Waals surface area contributed by atoms with Crippen LogP contribution in [-0.4, -0.2) is 114 Å². The van der Waals surface area contributed by atoms with E-state index in [-0.39, 0.29) is 48.4 Å². The summed E-state index contributed by atoms with van der Waals surface area (Å²) in [7, 11) is -6.53. The van der Waals surface area contributed by atoms with E-state index in [0.29, 0.717) is 35.5 Å². The van der Waals surface area contributed by atoms with Gasteiger partial charge in [-0.1, -0.05) is 44.2 Å². The highest BCUT2D eigenvalue weighted by Gasteiger charge is 2.48. The molecule has 28 heteroatoms. The summed E-state index contributed by atoms with van der Waals surface area (Å²) in [4.78, 5) is 83.7. The van der Waals surface area contributed by atoms with Crippen LogP contribution in [0.2, 0.25) is 0 Å². The molecule has 3 aromatic heterocycles. The summed E-state index contributed by atoms with van der Waals surface area (Å²) < 4.78 is 68.0. The van der Waals surface area contributed by atoms with Gasteiger partial charge in [0.25, 0.3) is 11.5 Å². The lowest BCUT2D eigenvalue weighted by molar-refractivity contribution is -0.127. The summed E-state index contributed by atoms with van der Waals surface area (Å²) in [5, 5.41) is 21.8. The van der Waals surface area contributed by atoms with Gasteiger partial charge in [-0.25, -0.2) is 19.7 Å². The number of amides is 4. The smallest absolute Gasteiger partial charge is 0.407 e. The van der Waals surface area contributed by atoms with Crippen LogP contribution in [0.5, 0.6) is 5.88 Å². The van der Waals surface area contributed by atoms with Gasteiger partial charge in [0.15, 0.2) is 17.4 Å². The number of hydrogen-bond donors (Lipinski definition) is 7. The predicted molar refractivity (Wildman–Crippen MR) is 254 cm³/mol. The maximum Gasteiger partial charge on any atom is 0.407 e. The van der Waals surface area contributed by atoms with Crippen LogP contribution in [0.3, 0.4) is 0 Å². The second-order valence-electron chi connectivity index (χ2n) is 17.4. The van der Waals surface area contributed by atoms with Crippen molar-refractivity contribution in [3.05, 3.63) is 100 Å². The van der Waals surface area contributed by atoms with E-state index in [1.54, 1.807) is 69.3 Å². The third kappa shape index (κ3) is 12.8. The Morgan fingerprint density at radius 1 is 0.944 bits per heavy atom. The molecule has 1 saturated carbocycles. The van der Waals surface area contributed by atoms with Crippen molar-refractivity contribution in [1.29, 1.82) is 0 Å². The van der Waals surface area contributed by atoms with Gasteiger partial charge >= 0.3 is 22.6 Å². The summed E-state index contributed by atoms with van der Waals surface area (Å²) in [6.07, 6.45) is -2.58. The predicted octanol–water partition coefficient (Wildman–Crippen LogP) is 2.73. The van der Waals surface area contributed by atoms with E-state index in [9.17, 15) is 38.2 Å². The summed E-state index contributed by atoms with van der Waals surface area (Å²) in [6.45, 7) is 4.31. The molecule has 5 aromatic rings. The van der Waals surface area contributed by atoms with Crippen LogP contribution in [-0.2, 0) is 59.4 Å². The van der Waals surface area contributed by atoms with Gasteiger partial charge in [-0.3, -0.25) is 47.7 Å². The molecule has 2 aromatic carbocycles. The van der Waals surface area contributed by atoms with Crippen LogP contribution in [0, 0.1) is 11.8 Å². The van der Waals surface area contributed by atoms with Crippen LogP contribution in [0.15, 0.2) is 78.2 Å². The van der Waals surface area contributed by atoms with Crippen molar-refractivity contribution in [2.45, 2.75) is 95.6 Å². The third-order valence-electron chi connectivity index (χ3n) is 12.0. The maximum atomic E-state index is 13.7. The lowest BCUT2D eigenvalue weighted by Gasteiger charge is -2.23. The molecule has 3 aliphatic rings. The average molecular weight is 1040 g/mol. The highest BCUT2D eigenvalue weighted by Crippen LogP contribution is 2.44. The molecule has 0 radical (unpaired) electrons. The summed E-state index contributed by atoms with van der Waals surface area (Å²) in [5.41, 5.74) is 6.35. The zero-order chi connectivity index (χ0) is 51.1. The molecule has 2 saturated heterocycles. The van der Waals surface area contributed by atoms with Crippen molar-refractivity contribution in [2.75, 3.05) is 23.8 Å². The first-order chi connectivity index (χ1) is 34.6. The molecule has 8 rings (SSSR count). The Kier molecular flexibility index (Phi) is 16.8. The van der Waals surface area contributed by atoms with Gasteiger partial charge in [-0.05, 0) is 48.6 Å². The second kappa shape index (κ2) is 23.4. The number of imidazole rings is 1. The first-order valence-electron chi connectivity index (χ1n) is 22.8. The maximum absolute atomic E-state index is 13.7. The quantitative estimate of drug-likeness (QED) is 0.0786. The third-order valence-corrected chi connectivity index (χ3v) is 13.8. The van der Waals surface area contributed by atoms with Gasteiger partial charge in [-0.2, -0.15) is 4.98 Å². The van der Waals surface area contributed by atoms with E-state index >= 15 is 0 Å². The van der Waals surface area contributed by atoms with Gasteiger partial charge in [0.1, 0.15) is 43.4 Å². The van der Waals surface area contributed by atoms with Crippen LogP contribution in [0.1, 0.15) is 61.3 Å². The number of aromatic nitrogens is 6. The van der Waals surface area contributed by atoms with Gasteiger partial charge < -0.3 is 54.6 Å². The van der Waals surface area contributed by atoms with Crippen molar-refractivity contribution < 1.29 is 65.7 Å². The molecule has 1 aliphatic carbocycles. The number of H-pyrrole nitrogens is 1. The van der Waals surface area contributed by atoms with Crippen LogP contribution < -0.4 is 37.3 Å². The number of aliphatic hydroxyl groups is 1. The molecule has 3 fully saturated rings. The minimum atomic E-state index is -3.36. The first-order valence-corrected chi connectivity index (χ1v) is 25.2. The van der Waals surface area contributed by atoms with Gasteiger partial charge in [-0.15, -0.1) is 0 Å². The molecule has 8 N–H and O–H groups in total. The Bertz CT molecular complexity index is 2860. The molecule has 2 unspecified atom stereocenters. The van der Waals surface area contributed by atoms with E-state index in [2.05, 4.69) is 46.2 Å². The minimum absolute atomic E-state index is 0.101. The van der Waals surface area contributed by atoms with Crippen LogP contribution >= 0.6 is 16.5 Å². The number of alkyl carbamates (subject to hydrolysis) is 1. The average Bonchev–Trinajstić information content (AvgIpc) is 4.05. The topological polar surface area (TPSA) is 351 Å². The highest BCUT2D eigenvalue weighted by molar-refractivity contribution is 7.33. The second-order valence-corrected chi connectivity index (χ2v) is 19.4. The van der Waals surface area contributed by atoms with Gasteiger partial charge in [0, 0.05) is 42.4 Å². The normalized spacial score (nSPS) is 25.2.